The van der Waals surface area contributed by atoms with Gasteiger partial charge in [-0.15, -0.1) is 0 Å². The van der Waals surface area contributed by atoms with Gasteiger partial charge in [0.05, 0.1) is 19.2 Å². The van der Waals surface area contributed by atoms with Crippen molar-refractivity contribution in [3.63, 3.8) is 0 Å². The molecule has 0 bridgehead atoms. The molecule has 0 unspecified atom stereocenters. The van der Waals surface area contributed by atoms with Gasteiger partial charge in [0.2, 0.25) is 0 Å². The second-order valence-electron chi connectivity index (χ2n) is 6.37. The lowest BCUT2D eigenvalue weighted by molar-refractivity contribution is -0.138. The summed E-state index contributed by atoms with van der Waals surface area (Å²) in [4.78, 5) is 24.0. The number of benzene rings is 2. The third-order valence-corrected chi connectivity index (χ3v) is 5.04. The smallest absolute Gasteiger partial charge is 0.336 e. The van der Waals surface area contributed by atoms with E-state index >= 15 is 0 Å². The monoisotopic (exact) mass is 448 g/mol. The van der Waals surface area contributed by atoms with Gasteiger partial charge < -0.3 is 18.6 Å². The minimum absolute atomic E-state index is 0.114. The van der Waals surface area contributed by atoms with Crippen LogP contribution in [0, 0.1) is 6.92 Å². The van der Waals surface area contributed by atoms with E-state index in [0.29, 0.717) is 43.6 Å². The number of aryl methyl sites for hydroxylation is 1. The van der Waals surface area contributed by atoms with E-state index in [1.807, 2.05) is 0 Å². The van der Waals surface area contributed by atoms with E-state index in [2.05, 4.69) is 0 Å². The number of fused-ring (bicyclic) bond motifs is 1. The molecule has 0 amide bonds. The molecule has 1 aromatic heterocycles. The van der Waals surface area contributed by atoms with Gasteiger partial charge in [0, 0.05) is 28.1 Å². The zero-order chi connectivity index (χ0) is 21.8. The molecule has 0 aliphatic rings. The summed E-state index contributed by atoms with van der Waals surface area (Å²) in [6.07, 6.45) is 2.79. The first-order chi connectivity index (χ1) is 14.3. The van der Waals surface area contributed by atoms with Gasteiger partial charge in [-0.3, -0.25) is 0 Å². The third-order valence-electron chi connectivity index (χ3n) is 4.35. The Morgan fingerprint density at radius 1 is 1.07 bits per heavy atom. The molecule has 1 heterocycles. The second kappa shape index (κ2) is 9.24. The highest BCUT2D eigenvalue weighted by atomic mass is 35.5. The van der Waals surface area contributed by atoms with Gasteiger partial charge in [-0.05, 0) is 48.4 Å². The second-order valence-corrected chi connectivity index (χ2v) is 7.18. The Morgan fingerprint density at radius 3 is 2.53 bits per heavy atom. The summed E-state index contributed by atoms with van der Waals surface area (Å²) >= 11 is 12.3. The molecule has 30 heavy (non-hydrogen) atoms. The van der Waals surface area contributed by atoms with Crippen molar-refractivity contribution in [1.29, 1.82) is 0 Å². The number of rotatable bonds is 6. The van der Waals surface area contributed by atoms with Crippen molar-refractivity contribution in [2.24, 2.45) is 0 Å². The predicted molar refractivity (Wildman–Crippen MR) is 116 cm³/mol. The number of hydrogen-bond donors (Lipinski definition) is 0. The molecule has 0 saturated carbocycles. The van der Waals surface area contributed by atoms with Gasteiger partial charge in [-0.1, -0.05) is 23.2 Å². The highest BCUT2D eigenvalue weighted by molar-refractivity contribution is 6.32. The van der Waals surface area contributed by atoms with Crippen LogP contribution >= 0.6 is 23.2 Å². The fraction of sp³-hybridized carbons (Fsp3) is 0.182. The molecule has 0 aliphatic heterocycles. The van der Waals surface area contributed by atoms with Gasteiger partial charge in [-0.25, -0.2) is 9.59 Å². The quantitative estimate of drug-likeness (QED) is 0.293. The van der Waals surface area contributed by atoms with Gasteiger partial charge in [0.1, 0.15) is 12.2 Å². The lowest BCUT2D eigenvalue weighted by atomic mass is 10.1. The lowest BCUT2D eigenvalue weighted by Gasteiger charge is -2.10. The average molecular weight is 449 g/mol. The zero-order valence-electron chi connectivity index (χ0n) is 16.5. The Balaban J connectivity index is 1.77. The number of ether oxygens (including phenoxy) is 3. The first-order valence-corrected chi connectivity index (χ1v) is 9.57. The molecule has 0 atom stereocenters. The number of carbonyl (C=O) groups excluding carboxylic acids is 1. The van der Waals surface area contributed by atoms with Crippen molar-refractivity contribution in [3.05, 3.63) is 73.6 Å². The zero-order valence-corrected chi connectivity index (χ0v) is 18.0. The maximum Gasteiger partial charge on any atom is 0.336 e. The van der Waals surface area contributed by atoms with E-state index < -0.39 is 11.6 Å². The number of methoxy groups -OCH3 is 2. The number of hydrogen-bond acceptors (Lipinski definition) is 6. The van der Waals surface area contributed by atoms with Crippen molar-refractivity contribution in [3.8, 4) is 11.5 Å². The maximum atomic E-state index is 12.2. The molecule has 3 aromatic rings. The summed E-state index contributed by atoms with van der Waals surface area (Å²) in [7, 11) is 2.98. The van der Waals surface area contributed by atoms with Crippen molar-refractivity contribution < 1.29 is 23.4 Å². The van der Waals surface area contributed by atoms with Gasteiger partial charge in [0.15, 0.2) is 11.5 Å². The van der Waals surface area contributed by atoms with E-state index in [0.717, 1.165) is 5.56 Å². The fourth-order valence-corrected chi connectivity index (χ4v) is 3.32. The number of esters is 1. The largest absolute Gasteiger partial charge is 0.493 e. The van der Waals surface area contributed by atoms with Gasteiger partial charge >= 0.3 is 11.6 Å². The Morgan fingerprint density at radius 2 is 1.83 bits per heavy atom. The predicted octanol–water partition coefficient (Wildman–Crippen LogP) is 5.18. The highest BCUT2D eigenvalue weighted by Gasteiger charge is 2.12. The van der Waals surface area contributed by atoms with Crippen LogP contribution in [0.1, 0.15) is 16.7 Å². The maximum absolute atomic E-state index is 12.2. The van der Waals surface area contributed by atoms with Crippen LogP contribution in [0.15, 0.2) is 45.6 Å². The normalized spacial score (nSPS) is 11.1. The molecule has 0 fully saturated rings. The molecule has 0 saturated heterocycles. The topological polar surface area (TPSA) is 75.0 Å². The summed E-state index contributed by atoms with van der Waals surface area (Å²) in [5, 5.41) is 1.47. The molecule has 0 spiro atoms. The first-order valence-electron chi connectivity index (χ1n) is 8.81. The van der Waals surface area contributed by atoms with E-state index in [9.17, 15) is 9.59 Å². The van der Waals surface area contributed by atoms with E-state index in [4.69, 9.17) is 41.8 Å². The van der Waals surface area contributed by atoms with Crippen LogP contribution in [0.4, 0.5) is 0 Å². The number of halogens is 2. The molecular weight excluding hydrogens is 431 g/mol. The molecule has 0 radical (unpaired) electrons. The van der Waals surface area contributed by atoms with Crippen LogP contribution < -0.4 is 15.1 Å². The van der Waals surface area contributed by atoms with Crippen LogP contribution in [-0.2, 0) is 16.1 Å². The molecule has 6 nitrogen and oxygen atoms in total. The summed E-state index contributed by atoms with van der Waals surface area (Å²) < 4.78 is 20.9. The SMILES string of the molecule is COc1cc(/C=C/C(=O)OCc2cc(=O)oc3cc(C)c(Cl)cc23)cc(Cl)c1OC. The average Bonchev–Trinajstić information content (AvgIpc) is 2.71. The van der Waals surface area contributed by atoms with Crippen LogP contribution in [0.5, 0.6) is 11.5 Å². The summed E-state index contributed by atoms with van der Waals surface area (Å²) in [6.45, 7) is 1.69. The first kappa shape index (κ1) is 21.7. The molecular formula is C22H18Cl2O6. The highest BCUT2D eigenvalue weighted by Crippen LogP contribution is 2.36. The molecule has 2 aromatic carbocycles. The molecule has 0 aliphatic carbocycles. The summed E-state index contributed by atoms with van der Waals surface area (Å²) in [6, 6.07) is 7.94. The molecule has 0 N–H and O–H groups in total. The Hall–Kier alpha value is -2.96. The van der Waals surface area contributed by atoms with E-state index in [1.165, 1.54) is 32.4 Å². The standard InChI is InChI=1S/C22H18Cl2O6/c1-12-6-18-15(10-16(12)23)14(9-21(26)30-18)11-29-20(25)5-4-13-7-17(24)22(28-3)19(8-13)27-2/h4-10H,11H2,1-3H3/b5-4+. The van der Waals surface area contributed by atoms with E-state index in [-0.39, 0.29) is 6.61 Å². The molecule has 8 heteroatoms. The summed E-state index contributed by atoms with van der Waals surface area (Å²) in [5.74, 6) is 0.246. The third kappa shape index (κ3) is 4.78. The Labute approximate surface area is 182 Å². The van der Waals surface area contributed by atoms with Crippen molar-refractivity contribution in [2.75, 3.05) is 14.2 Å². The van der Waals surface area contributed by atoms with Crippen molar-refractivity contribution in [2.45, 2.75) is 13.5 Å². The van der Waals surface area contributed by atoms with Gasteiger partial charge in [-0.2, -0.15) is 0 Å². The summed E-state index contributed by atoms with van der Waals surface area (Å²) in [5.41, 5.74) is 1.75. The fourth-order valence-electron chi connectivity index (χ4n) is 2.86. The number of carbonyl (C=O) groups is 1. The minimum Gasteiger partial charge on any atom is -0.493 e. The van der Waals surface area contributed by atoms with Crippen LogP contribution in [0.2, 0.25) is 10.0 Å². The van der Waals surface area contributed by atoms with Crippen LogP contribution in [-0.4, -0.2) is 20.2 Å². The lowest BCUT2D eigenvalue weighted by Crippen LogP contribution is -2.06. The Bertz CT molecular complexity index is 1200. The molecule has 156 valence electrons. The van der Waals surface area contributed by atoms with Crippen LogP contribution in [0.25, 0.3) is 17.0 Å². The van der Waals surface area contributed by atoms with Crippen molar-refractivity contribution in [1.82, 2.24) is 0 Å². The van der Waals surface area contributed by atoms with Gasteiger partial charge in [0.25, 0.3) is 0 Å². The Kier molecular flexibility index (Phi) is 6.70. The van der Waals surface area contributed by atoms with Crippen LogP contribution in [0.3, 0.4) is 0 Å². The molecule has 3 rings (SSSR count). The minimum atomic E-state index is -0.597. The van der Waals surface area contributed by atoms with Crippen molar-refractivity contribution >= 4 is 46.2 Å². The van der Waals surface area contributed by atoms with E-state index in [1.54, 1.807) is 31.2 Å².